The highest BCUT2D eigenvalue weighted by molar-refractivity contribution is 5.94. The van der Waals surface area contributed by atoms with Crippen molar-refractivity contribution in [3.63, 3.8) is 0 Å². The Kier molecular flexibility index (Phi) is 7.89. The van der Waals surface area contributed by atoms with Crippen molar-refractivity contribution < 1.29 is 14.0 Å². The summed E-state index contributed by atoms with van der Waals surface area (Å²) < 4.78 is 13.3. The molecule has 0 radical (unpaired) electrons. The summed E-state index contributed by atoms with van der Waals surface area (Å²) in [7, 11) is 0. The minimum atomic E-state index is -0.404. The van der Waals surface area contributed by atoms with Gasteiger partial charge in [0, 0.05) is 31.1 Å². The van der Waals surface area contributed by atoms with Crippen LogP contribution >= 0.6 is 0 Å². The normalized spacial score (nSPS) is 15.2. The van der Waals surface area contributed by atoms with Gasteiger partial charge in [0.1, 0.15) is 5.82 Å². The van der Waals surface area contributed by atoms with Gasteiger partial charge in [-0.1, -0.05) is 38.7 Å². The lowest BCUT2D eigenvalue weighted by Crippen LogP contribution is -2.43. The van der Waals surface area contributed by atoms with E-state index >= 15 is 0 Å². The second kappa shape index (κ2) is 10.2. The first-order chi connectivity index (χ1) is 12.1. The van der Waals surface area contributed by atoms with E-state index in [-0.39, 0.29) is 17.7 Å². The third-order valence-electron chi connectivity index (χ3n) is 4.80. The molecule has 1 fully saturated rings. The van der Waals surface area contributed by atoms with E-state index in [9.17, 15) is 14.0 Å². The van der Waals surface area contributed by atoms with Crippen LogP contribution in [0.3, 0.4) is 0 Å². The molecule has 0 spiro atoms. The van der Waals surface area contributed by atoms with Crippen molar-refractivity contribution in [2.75, 3.05) is 19.6 Å². The number of carbonyl (C=O) groups is 2. The first-order valence-electron chi connectivity index (χ1n) is 9.44. The molecule has 0 atom stereocenters. The molecule has 2 amide bonds. The van der Waals surface area contributed by atoms with Crippen LogP contribution < -0.4 is 5.32 Å². The molecule has 1 aromatic carbocycles. The van der Waals surface area contributed by atoms with Crippen molar-refractivity contribution in [3.05, 3.63) is 35.6 Å². The van der Waals surface area contributed by atoms with Gasteiger partial charge < -0.3 is 10.2 Å². The quantitative estimate of drug-likeness (QED) is 0.727. The van der Waals surface area contributed by atoms with Crippen LogP contribution in [0, 0.1) is 11.7 Å². The number of amides is 2. The molecule has 0 saturated carbocycles. The molecule has 4 nitrogen and oxygen atoms in total. The average molecular weight is 348 g/mol. The van der Waals surface area contributed by atoms with Gasteiger partial charge in [0.25, 0.3) is 5.91 Å². The summed E-state index contributed by atoms with van der Waals surface area (Å²) in [6.07, 6.45) is 7.24. The predicted molar refractivity (Wildman–Crippen MR) is 96.8 cm³/mol. The topological polar surface area (TPSA) is 49.4 Å². The number of hydrogen-bond donors (Lipinski definition) is 1. The van der Waals surface area contributed by atoms with Crippen LogP contribution in [-0.2, 0) is 4.79 Å². The van der Waals surface area contributed by atoms with Crippen LogP contribution in [0.2, 0.25) is 0 Å². The van der Waals surface area contributed by atoms with Gasteiger partial charge >= 0.3 is 0 Å². The zero-order valence-corrected chi connectivity index (χ0v) is 15.1. The van der Waals surface area contributed by atoms with E-state index in [1.54, 1.807) is 17.0 Å². The summed E-state index contributed by atoms with van der Waals surface area (Å²) in [5.41, 5.74) is 0.370. The van der Waals surface area contributed by atoms with Crippen LogP contribution in [0.5, 0.6) is 0 Å². The van der Waals surface area contributed by atoms with Gasteiger partial charge in [-0.3, -0.25) is 9.59 Å². The highest BCUT2D eigenvalue weighted by Gasteiger charge is 2.27. The standard InChI is InChI=1S/C20H29FN2O2/c1-2-3-4-5-6-12-22-19(24)16-10-13-23(14-11-16)20(25)17-8-7-9-18(21)15-17/h7-9,15-16H,2-6,10-14H2,1H3,(H,22,24). The van der Waals surface area contributed by atoms with Crippen molar-refractivity contribution in [2.24, 2.45) is 5.92 Å². The number of rotatable bonds is 8. The monoisotopic (exact) mass is 348 g/mol. The molecule has 0 aliphatic carbocycles. The number of unbranched alkanes of at least 4 members (excludes halogenated alkanes) is 4. The lowest BCUT2D eigenvalue weighted by Gasteiger charge is -2.31. The number of benzene rings is 1. The highest BCUT2D eigenvalue weighted by atomic mass is 19.1. The maximum atomic E-state index is 13.3. The van der Waals surface area contributed by atoms with E-state index in [2.05, 4.69) is 12.2 Å². The first kappa shape index (κ1) is 19.4. The number of likely N-dealkylation sites (tertiary alicyclic amines) is 1. The number of carbonyl (C=O) groups excluding carboxylic acids is 2. The molecule has 5 heteroatoms. The molecule has 1 aromatic rings. The molecular formula is C20H29FN2O2. The second-order valence-electron chi connectivity index (χ2n) is 6.78. The zero-order chi connectivity index (χ0) is 18.1. The minimum Gasteiger partial charge on any atom is -0.356 e. The highest BCUT2D eigenvalue weighted by Crippen LogP contribution is 2.19. The van der Waals surface area contributed by atoms with Gasteiger partial charge in [-0.2, -0.15) is 0 Å². The minimum absolute atomic E-state index is 0.0211. The lowest BCUT2D eigenvalue weighted by molar-refractivity contribution is -0.126. The molecule has 1 aliphatic rings. The molecule has 0 aromatic heterocycles. The van der Waals surface area contributed by atoms with Gasteiger partial charge in [-0.05, 0) is 37.5 Å². The molecular weight excluding hydrogens is 319 g/mol. The van der Waals surface area contributed by atoms with Gasteiger partial charge in [-0.25, -0.2) is 4.39 Å². The Bertz CT molecular complexity index is 569. The van der Waals surface area contributed by atoms with E-state index in [1.165, 1.54) is 31.4 Å². The first-order valence-corrected chi connectivity index (χ1v) is 9.44. The number of hydrogen-bond acceptors (Lipinski definition) is 2. The Labute approximate surface area is 149 Å². The molecule has 1 heterocycles. The van der Waals surface area contributed by atoms with E-state index in [0.29, 0.717) is 31.5 Å². The van der Waals surface area contributed by atoms with Crippen molar-refractivity contribution in [1.29, 1.82) is 0 Å². The predicted octanol–water partition coefficient (Wildman–Crippen LogP) is 3.76. The van der Waals surface area contributed by atoms with Crippen molar-refractivity contribution in [2.45, 2.75) is 51.9 Å². The summed E-state index contributed by atoms with van der Waals surface area (Å²) in [5.74, 6) is -0.478. The third-order valence-corrected chi connectivity index (χ3v) is 4.80. The van der Waals surface area contributed by atoms with Gasteiger partial charge in [-0.15, -0.1) is 0 Å². The van der Waals surface area contributed by atoms with E-state index in [4.69, 9.17) is 0 Å². The van der Waals surface area contributed by atoms with E-state index in [1.807, 2.05) is 0 Å². The van der Waals surface area contributed by atoms with Crippen LogP contribution in [0.25, 0.3) is 0 Å². The third kappa shape index (κ3) is 6.15. The van der Waals surface area contributed by atoms with Crippen molar-refractivity contribution in [3.8, 4) is 0 Å². The van der Waals surface area contributed by atoms with E-state index < -0.39 is 5.82 Å². The molecule has 1 N–H and O–H groups in total. The maximum Gasteiger partial charge on any atom is 0.253 e. The Morgan fingerprint density at radius 2 is 1.88 bits per heavy atom. The van der Waals surface area contributed by atoms with Gasteiger partial charge in [0.05, 0.1) is 0 Å². The zero-order valence-electron chi connectivity index (χ0n) is 15.1. The molecule has 1 aliphatic heterocycles. The molecule has 25 heavy (non-hydrogen) atoms. The number of halogens is 1. The van der Waals surface area contributed by atoms with Crippen LogP contribution in [0.15, 0.2) is 24.3 Å². The Hall–Kier alpha value is -1.91. The summed E-state index contributed by atoms with van der Waals surface area (Å²) in [4.78, 5) is 26.3. The second-order valence-corrected chi connectivity index (χ2v) is 6.78. The van der Waals surface area contributed by atoms with E-state index in [0.717, 1.165) is 19.4 Å². The summed E-state index contributed by atoms with van der Waals surface area (Å²) in [6.45, 7) is 4.02. The largest absolute Gasteiger partial charge is 0.356 e. The summed E-state index contributed by atoms with van der Waals surface area (Å²) in [6, 6.07) is 5.77. The molecule has 2 rings (SSSR count). The Balaban J connectivity index is 1.70. The fraction of sp³-hybridized carbons (Fsp3) is 0.600. The van der Waals surface area contributed by atoms with Crippen molar-refractivity contribution in [1.82, 2.24) is 10.2 Å². The SMILES string of the molecule is CCCCCCCNC(=O)C1CCN(C(=O)c2cccc(F)c2)CC1. The fourth-order valence-corrected chi connectivity index (χ4v) is 3.23. The molecule has 1 saturated heterocycles. The average Bonchev–Trinajstić information content (AvgIpc) is 2.64. The maximum absolute atomic E-state index is 13.3. The summed E-state index contributed by atoms with van der Waals surface area (Å²) in [5, 5.41) is 3.02. The molecule has 0 bridgehead atoms. The van der Waals surface area contributed by atoms with Crippen LogP contribution in [-0.4, -0.2) is 36.3 Å². The Morgan fingerprint density at radius 1 is 1.16 bits per heavy atom. The van der Waals surface area contributed by atoms with Gasteiger partial charge in [0.2, 0.25) is 5.91 Å². The number of nitrogens with zero attached hydrogens (tertiary/aromatic N) is 1. The Morgan fingerprint density at radius 3 is 2.56 bits per heavy atom. The lowest BCUT2D eigenvalue weighted by atomic mass is 9.95. The van der Waals surface area contributed by atoms with Crippen LogP contribution in [0.4, 0.5) is 4.39 Å². The molecule has 0 unspecified atom stereocenters. The number of piperidine rings is 1. The number of nitrogens with one attached hydrogen (secondary N) is 1. The summed E-state index contributed by atoms with van der Waals surface area (Å²) >= 11 is 0. The fourth-order valence-electron chi connectivity index (χ4n) is 3.23. The van der Waals surface area contributed by atoms with Crippen molar-refractivity contribution >= 4 is 11.8 Å². The van der Waals surface area contributed by atoms with Gasteiger partial charge in [0.15, 0.2) is 0 Å². The molecule has 138 valence electrons. The van der Waals surface area contributed by atoms with Crippen LogP contribution in [0.1, 0.15) is 62.2 Å². The smallest absolute Gasteiger partial charge is 0.253 e.